The SMILES string of the molecule is O=C(COC(=O)c1cc2c(s1)CCCCC2)Nc1cccc(S(=O)(=O)N2CCCC2)c1. The van der Waals surface area contributed by atoms with E-state index in [1.165, 1.54) is 44.6 Å². The molecule has 1 aromatic heterocycles. The van der Waals surface area contributed by atoms with E-state index in [0.29, 0.717) is 23.7 Å². The predicted octanol–water partition coefficient (Wildman–Crippen LogP) is 3.60. The molecule has 1 aromatic carbocycles. The fourth-order valence-corrected chi connectivity index (χ4v) is 6.69. The molecule has 0 atom stereocenters. The Morgan fingerprint density at radius 1 is 1.03 bits per heavy atom. The van der Waals surface area contributed by atoms with Gasteiger partial charge in [0.25, 0.3) is 5.91 Å². The minimum atomic E-state index is -3.57. The highest BCUT2D eigenvalue weighted by Crippen LogP contribution is 2.29. The Kier molecular flexibility index (Phi) is 6.74. The lowest BCUT2D eigenvalue weighted by molar-refractivity contribution is -0.119. The number of ether oxygens (including phenoxy) is 1. The van der Waals surface area contributed by atoms with E-state index >= 15 is 0 Å². The lowest BCUT2D eigenvalue weighted by Crippen LogP contribution is -2.28. The molecular weight excluding hydrogens is 436 g/mol. The molecule has 1 aliphatic carbocycles. The first-order valence-electron chi connectivity index (χ1n) is 10.6. The predicted molar refractivity (Wildman–Crippen MR) is 119 cm³/mol. The summed E-state index contributed by atoms with van der Waals surface area (Å²) in [6.07, 6.45) is 7.16. The Balaban J connectivity index is 1.34. The minimum Gasteiger partial charge on any atom is -0.451 e. The molecule has 2 aromatic rings. The number of thiophene rings is 1. The van der Waals surface area contributed by atoms with Crippen LogP contribution in [0.25, 0.3) is 0 Å². The maximum atomic E-state index is 12.7. The summed E-state index contributed by atoms with van der Waals surface area (Å²) in [5.74, 6) is -1.01. The van der Waals surface area contributed by atoms with Crippen LogP contribution in [0.2, 0.25) is 0 Å². The average molecular weight is 463 g/mol. The molecule has 9 heteroatoms. The number of aryl methyl sites for hydroxylation is 2. The van der Waals surface area contributed by atoms with E-state index in [9.17, 15) is 18.0 Å². The number of sulfonamides is 1. The van der Waals surface area contributed by atoms with Crippen LogP contribution in [0.4, 0.5) is 5.69 Å². The summed E-state index contributed by atoms with van der Waals surface area (Å²) >= 11 is 1.45. The summed E-state index contributed by atoms with van der Waals surface area (Å²) in [5, 5.41) is 2.61. The Morgan fingerprint density at radius 3 is 2.61 bits per heavy atom. The third kappa shape index (κ3) is 5.16. The van der Waals surface area contributed by atoms with Gasteiger partial charge in [0, 0.05) is 23.7 Å². The molecule has 2 aliphatic rings. The third-order valence-corrected chi connectivity index (χ3v) is 8.71. The molecule has 0 saturated carbocycles. The second kappa shape index (κ2) is 9.50. The van der Waals surface area contributed by atoms with E-state index in [1.54, 1.807) is 12.1 Å². The Morgan fingerprint density at radius 2 is 1.81 bits per heavy atom. The molecule has 2 heterocycles. The normalized spacial score (nSPS) is 17.0. The largest absolute Gasteiger partial charge is 0.451 e. The molecular formula is C22H26N2O5S2. The average Bonchev–Trinajstić information content (AvgIpc) is 3.39. The molecule has 4 rings (SSSR count). The Labute approximate surface area is 186 Å². The number of carbonyl (C=O) groups excluding carboxylic acids is 2. The molecule has 0 bridgehead atoms. The molecule has 1 N–H and O–H groups in total. The van der Waals surface area contributed by atoms with Crippen molar-refractivity contribution >= 4 is 38.9 Å². The number of hydrogen-bond donors (Lipinski definition) is 1. The molecule has 1 amide bonds. The molecule has 31 heavy (non-hydrogen) atoms. The van der Waals surface area contributed by atoms with Gasteiger partial charge in [0.1, 0.15) is 4.88 Å². The van der Waals surface area contributed by atoms with Crippen LogP contribution in [0.1, 0.15) is 52.2 Å². The van der Waals surface area contributed by atoms with Gasteiger partial charge in [-0.3, -0.25) is 4.79 Å². The van der Waals surface area contributed by atoms with Crippen molar-refractivity contribution in [1.82, 2.24) is 4.31 Å². The molecule has 166 valence electrons. The van der Waals surface area contributed by atoms with Gasteiger partial charge in [0.2, 0.25) is 10.0 Å². The maximum Gasteiger partial charge on any atom is 0.348 e. The van der Waals surface area contributed by atoms with E-state index in [2.05, 4.69) is 5.32 Å². The lowest BCUT2D eigenvalue weighted by Gasteiger charge is -2.16. The molecule has 0 radical (unpaired) electrons. The second-order valence-corrected chi connectivity index (χ2v) is 11.0. The van der Waals surface area contributed by atoms with Crippen molar-refractivity contribution < 1.29 is 22.7 Å². The molecule has 0 unspecified atom stereocenters. The number of anilines is 1. The fourth-order valence-electron chi connectivity index (χ4n) is 3.98. The van der Waals surface area contributed by atoms with Gasteiger partial charge in [-0.2, -0.15) is 4.31 Å². The van der Waals surface area contributed by atoms with Gasteiger partial charge in [-0.1, -0.05) is 12.5 Å². The number of nitrogens with one attached hydrogen (secondary N) is 1. The van der Waals surface area contributed by atoms with Gasteiger partial charge in [-0.05, 0) is 68.4 Å². The van der Waals surface area contributed by atoms with Crippen LogP contribution in [0.15, 0.2) is 35.2 Å². The van der Waals surface area contributed by atoms with Crippen LogP contribution in [0.5, 0.6) is 0 Å². The van der Waals surface area contributed by atoms with Crippen molar-refractivity contribution in [2.24, 2.45) is 0 Å². The van der Waals surface area contributed by atoms with Gasteiger partial charge in [-0.15, -0.1) is 11.3 Å². The van der Waals surface area contributed by atoms with Crippen molar-refractivity contribution in [1.29, 1.82) is 0 Å². The van der Waals surface area contributed by atoms with Crippen LogP contribution in [0.3, 0.4) is 0 Å². The number of amides is 1. The number of rotatable bonds is 6. The highest BCUT2D eigenvalue weighted by Gasteiger charge is 2.27. The summed E-state index contributed by atoms with van der Waals surface area (Å²) in [6.45, 7) is 0.604. The number of esters is 1. The zero-order valence-corrected chi connectivity index (χ0v) is 18.9. The Hall–Kier alpha value is -2.23. The smallest absolute Gasteiger partial charge is 0.348 e. The second-order valence-electron chi connectivity index (χ2n) is 7.88. The molecule has 0 spiro atoms. The van der Waals surface area contributed by atoms with E-state index in [-0.39, 0.29) is 4.90 Å². The number of nitrogens with zero attached hydrogens (tertiary/aromatic N) is 1. The third-order valence-electron chi connectivity index (χ3n) is 5.60. The summed E-state index contributed by atoms with van der Waals surface area (Å²) in [6, 6.07) is 8.04. The quantitative estimate of drug-likeness (QED) is 0.523. The van der Waals surface area contributed by atoms with Crippen LogP contribution >= 0.6 is 11.3 Å². The number of carbonyl (C=O) groups is 2. The number of hydrogen-bond acceptors (Lipinski definition) is 6. The van der Waals surface area contributed by atoms with E-state index in [1.807, 2.05) is 6.07 Å². The van der Waals surface area contributed by atoms with Crippen molar-refractivity contribution in [3.05, 3.63) is 45.6 Å². The molecule has 1 fully saturated rings. The highest BCUT2D eigenvalue weighted by atomic mass is 32.2. The van der Waals surface area contributed by atoms with Gasteiger partial charge in [0.15, 0.2) is 6.61 Å². The van der Waals surface area contributed by atoms with Crippen LogP contribution in [0, 0.1) is 0 Å². The van der Waals surface area contributed by atoms with Crippen LogP contribution < -0.4 is 5.32 Å². The fraction of sp³-hybridized carbons (Fsp3) is 0.455. The van der Waals surface area contributed by atoms with Gasteiger partial charge in [0.05, 0.1) is 4.90 Å². The van der Waals surface area contributed by atoms with E-state index in [0.717, 1.165) is 38.5 Å². The van der Waals surface area contributed by atoms with Crippen LogP contribution in [-0.4, -0.2) is 44.3 Å². The first-order chi connectivity index (χ1) is 14.9. The van der Waals surface area contributed by atoms with Crippen molar-refractivity contribution in [3.8, 4) is 0 Å². The van der Waals surface area contributed by atoms with Crippen molar-refractivity contribution in [2.45, 2.75) is 49.8 Å². The van der Waals surface area contributed by atoms with Crippen molar-refractivity contribution in [2.75, 3.05) is 25.0 Å². The first-order valence-corrected chi connectivity index (χ1v) is 12.9. The minimum absolute atomic E-state index is 0.143. The molecule has 7 nitrogen and oxygen atoms in total. The monoisotopic (exact) mass is 462 g/mol. The van der Waals surface area contributed by atoms with Crippen molar-refractivity contribution in [3.63, 3.8) is 0 Å². The van der Waals surface area contributed by atoms with Crippen LogP contribution in [-0.2, 0) is 32.4 Å². The topological polar surface area (TPSA) is 92.8 Å². The molecule has 1 aliphatic heterocycles. The highest BCUT2D eigenvalue weighted by molar-refractivity contribution is 7.89. The Bertz CT molecular complexity index is 1050. The maximum absolute atomic E-state index is 12.7. The number of benzene rings is 1. The first kappa shape index (κ1) is 22.0. The zero-order chi connectivity index (χ0) is 21.8. The van der Waals surface area contributed by atoms with E-state index < -0.39 is 28.5 Å². The van der Waals surface area contributed by atoms with Gasteiger partial charge < -0.3 is 10.1 Å². The molecule has 1 saturated heterocycles. The van der Waals surface area contributed by atoms with Gasteiger partial charge >= 0.3 is 5.97 Å². The number of fused-ring (bicyclic) bond motifs is 1. The van der Waals surface area contributed by atoms with Gasteiger partial charge in [-0.25, -0.2) is 13.2 Å². The summed E-state index contributed by atoms with van der Waals surface area (Å²) < 4.78 is 32.0. The summed E-state index contributed by atoms with van der Waals surface area (Å²) in [5.41, 5.74) is 1.57. The lowest BCUT2D eigenvalue weighted by atomic mass is 10.1. The zero-order valence-electron chi connectivity index (χ0n) is 17.3. The summed E-state index contributed by atoms with van der Waals surface area (Å²) in [4.78, 5) is 26.5. The summed E-state index contributed by atoms with van der Waals surface area (Å²) in [7, 11) is -3.57. The standard InChI is InChI=1S/C22H26N2O5S2/c25-21(15-29-22(26)20-13-16-7-2-1-3-10-19(16)30-20)23-17-8-6-9-18(14-17)31(27,28)24-11-4-5-12-24/h6,8-9,13-14H,1-5,7,10-12,15H2,(H,23,25). The van der Waals surface area contributed by atoms with E-state index in [4.69, 9.17) is 4.74 Å².